The Morgan fingerprint density at radius 3 is 0.625 bits per heavy atom. The molecule has 0 saturated carbocycles. The Hall–Kier alpha value is 0.945. The number of hydrogen-bond donors (Lipinski definition) is 3. The van der Waals surface area contributed by atoms with Crippen molar-refractivity contribution < 1.29 is 15.3 Å². The molecule has 0 heterocycles. The van der Waals surface area contributed by atoms with Gasteiger partial charge in [-0.05, 0) is 0 Å². The summed E-state index contributed by atoms with van der Waals surface area (Å²) in [5, 5.41) is 21.0. The summed E-state index contributed by atoms with van der Waals surface area (Å²) in [5.41, 5.74) is 0. The van der Waals surface area contributed by atoms with Gasteiger partial charge in [0.1, 0.15) is 0 Å². The molecule has 0 amide bonds. The van der Waals surface area contributed by atoms with E-state index in [9.17, 15) is 0 Å². The third-order valence-electron chi connectivity index (χ3n) is 0. The van der Waals surface area contributed by atoms with Crippen LogP contribution in [0.4, 0.5) is 0 Å². The van der Waals surface area contributed by atoms with Gasteiger partial charge in [-0.15, -0.1) is 0 Å². The van der Waals surface area contributed by atoms with E-state index in [4.69, 9.17) is 15.3 Å². The monoisotopic (exact) mass is 131 g/mol. The van der Waals surface area contributed by atoms with Crippen molar-refractivity contribution in [2.24, 2.45) is 0 Å². The first-order valence-corrected chi connectivity index (χ1v) is 1.34. The minimum absolute atomic E-state index is 0. The average Bonchev–Trinajstić information content (AvgIpc) is 1.81. The summed E-state index contributed by atoms with van der Waals surface area (Å²) in [6.45, 7) is 0. The third-order valence-corrected chi connectivity index (χ3v) is 0. The van der Waals surface area contributed by atoms with Gasteiger partial charge in [-0.25, -0.2) is 0 Å². The quantitative estimate of drug-likeness (QED) is 0.327. The molecular weight excluding hydrogens is 118 g/mol. The van der Waals surface area contributed by atoms with Gasteiger partial charge in [-0.3, -0.25) is 0 Å². The minimum atomic E-state index is 0. The maximum absolute atomic E-state index is 7.00. The number of aliphatic hydroxyl groups excluding tert-OH is 3. The summed E-state index contributed by atoms with van der Waals surface area (Å²) in [7, 11) is 3.00. The standard InChI is InChI=1S/3CH4O.B.Na.H/c3*1-2;;;/h3*2H,1H3;;;. The van der Waals surface area contributed by atoms with E-state index in [-0.39, 0.29) is 38.0 Å². The van der Waals surface area contributed by atoms with Gasteiger partial charge >= 0.3 is 29.6 Å². The van der Waals surface area contributed by atoms with Gasteiger partial charge in [0.05, 0.1) is 0 Å². The van der Waals surface area contributed by atoms with Crippen LogP contribution in [0.2, 0.25) is 0 Å². The van der Waals surface area contributed by atoms with Crippen LogP contribution >= 0.6 is 0 Å². The van der Waals surface area contributed by atoms with Crippen LogP contribution in [0, 0.1) is 0 Å². The van der Waals surface area contributed by atoms with E-state index in [1.54, 1.807) is 0 Å². The molecule has 0 rings (SSSR count). The Morgan fingerprint density at radius 1 is 0.625 bits per heavy atom. The molecule has 0 aromatic rings. The molecule has 0 bridgehead atoms. The average molecular weight is 131 g/mol. The van der Waals surface area contributed by atoms with Crippen LogP contribution in [-0.4, -0.2) is 74.6 Å². The van der Waals surface area contributed by atoms with E-state index in [0.29, 0.717) is 0 Å². The zero-order chi connectivity index (χ0) is 6.00. The van der Waals surface area contributed by atoms with Crippen LogP contribution < -0.4 is 0 Å². The van der Waals surface area contributed by atoms with E-state index in [1.165, 1.54) is 0 Å². The van der Waals surface area contributed by atoms with Crippen LogP contribution in [0.15, 0.2) is 0 Å². The van der Waals surface area contributed by atoms with Gasteiger partial charge < -0.3 is 15.3 Å². The Bertz CT molecular complexity index is 14.5. The molecule has 0 aromatic carbocycles. The molecule has 8 heavy (non-hydrogen) atoms. The second kappa shape index (κ2) is 429. The van der Waals surface area contributed by atoms with Crippen molar-refractivity contribution in [2.75, 3.05) is 21.3 Å². The zero-order valence-electron chi connectivity index (χ0n) is 4.92. The first kappa shape index (κ1) is 36.3. The fourth-order valence-corrected chi connectivity index (χ4v) is 0. The molecular formula is C3H13BNaO3. The Balaban J connectivity index is -0.00000000500. The molecule has 0 saturated heterocycles. The molecule has 0 fully saturated rings. The molecule has 3 nitrogen and oxygen atoms in total. The van der Waals surface area contributed by atoms with Crippen molar-refractivity contribution in [2.45, 2.75) is 0 Å². The van der Waals surface area contributed by atoms with E-state index < -0.39 is 0 Å². The fraction of sp³-hybridized carbons (Fsp3) is 1.00. The Kier molecular flexibility index (Phi) is 1950. The SMILES string of the molecule is CO.CO.CO.[B].[NaH]. The van der Waals surface area contributed by atoms with Gasteiger partial charge in [-0.1, -0.05) is 0 Å². The first-order valence-electron chi connectivity index (χ1n) is 1.34. The number of aliphatic hydroxyl groups is 3. The molecule has 5 heteroatoms. The van der Waals surface area contributed by atoms with Gasteiger partial charge in [0.25, 0.3) is 0 Å². The molecule has 0 unspecified atom stereocenters. The predicted molar refractivity (Wildman–Crippen MR) is 37.3 cm³/mol. The summed E-state index contributed by atoms with van der Waals surface area (Å²) >= 11 is 0. The van der Waals surface area contributed by atoms with Crippen molar-refractivity contribution in [3.05, 3.63) is 0 Å². The van der Waals surface area contributed by atoms with Crippen molar-refractivity contribution >= 4 is 38.0 Å². The molecule has 0 aromatic heterocycles. The Morgan fingerprint density at radius 2 is 0.625 bits per heavy atom. The predicted octanol–water partition coefficient (Wildman–Crippen LogP) is -2.20. The van der Waals surface area contributed by atoms with Crippen molar-refractivity contribution in [1.29, 1.82) is 0 Å². The van der Waals surface area contributed by atoms with Crippen LogP contribution in [0.3, 0.4) is 0 Å². The second-order valence-electron chi connectivity index (χ2n) is 0. The van der Waals surface area contributed by atoms with E-state index in [0.717, 1.165) is 21.3 Å². The summed E-state index contributed by atoms with van der Waals surface area (Å²) in [4.78, 5) is 0. The van der Waals surface area contributed by atoms with Crippen molar-refractivity contribution in [3.63, 3.8) is 0 Å². The van der Waals surface area contributed by atoms with E-state index in [1.807, 2.05) is 0 Å². The van der Waals surface area contributed by atoms with E-state index >= 15 is 0 Å². The fourth-order valence-electron chi connectivity index (χ4n) is 0. The molecule has 0 aliphatic rings. The maximum atomic E-state index is 7.00. The zero-order valence-corrected chi connectivity index (χ0v) is 4.92. The topological polar surface area (TPSA) is 60.7 Å². The Labute approximate surface area is 74.6 Å². The summed E-state index contributed by atoms with van der Waals surface area (Å²) in [6.07, 6.45) is 0. The molecule has 0 atom stereocenters. The number of hydrogen-bond acceptors (Lipinski definition) is 3. The molecule has 0 aliphatic heterocycles. The third kappa shape index (κ3) is 275. The molecule has 0 spiro atoms. The molecule has 3 N–H and O–H groups in total. The first-order chi connectivity index (χ1) is 3.00. The van der Waals surface area contributed by atoms with Crippen LogP contribution in [-0.2, 0) is 0 Å². The number of rotatable bonds is 0. The van der Waals surface area contributed by atoms with Crippen LogP contribution in [0.1, 0.15) is 0 Å². The van der Waals surface area contributed by atoms with Crippen molar-refractivity contribution in [1.82, 2.24) is 0 Å². The molecule has 3 radical (unpaired) electrons. The van der Waals surface area contributed by atoms with Gasteiger partial charge in [0.2, 0.25) is 0 Å². The van der Waals surface area contributed by atoms with Crippen LogP contribution in [0.25, 0.3) is 0 Å². The van der Waals surface area contributed by atoms with Crippen molar-refractivity contribution in [3.8, 4) is 0 Å². The second-order valence-corrected chi connectivity index (χ2v) is 0. The molecule has 47 valence electrons. The van der Waals surface area contributed by atoms with E-state index in [2.05, 4.69) is 0 Å². The van der Waals surface area contributed by atoms with Crippen LogP contribution in [0.5, 0.6) is 0 Å². The van der Waals surface area contributed by atoms with Gasteiger partial charge in [-0.2, -0.15) is 0 Å². The van der Waals surface area contributed by atoms with Gasteiger partial charge in [0, 0.05) is 29.7 Å². The molecule has 0 aliphatic carbocycles. The summed E-state index contributed by atoms with van der Waals surface area (Å²) in [6, 6.07) is 0. The normalized spacial score (nSPS) is 2.25. The van der Waals surface area contributed by atoms with Gasteiger partial charge in [0.15, 0.2) is 0 Å². The summed E-state index contributed by atoms with van der Waals surface area (Å²) < 4.78 is 0. The summed E-state index contributed by atoms with van der Waals surface area (Å²) in [5.74, 6) is 0.